The molecule has 0 aliphatic carbocycles. The highest BCUT2D eigenvalue weighted by atomic mass is 16.5. The molecule has 3 aromatic carbocycles. The number of hydrogen-bond acceptors (Lipinski definition) is 4. The zero-order chi connectivity index (χ0) is 20.9. The van der Waals surface area contributed by atoms with Crippen molar-refractivity contribution in [1.29, 1.82) is 0 Å². The minimum atomic E-state index is -0.423. The van der Waals surface area contributed by atoms with E-state index in [2.05, 4.69) is 15.8 Å². The summed E-state index contributed by atoms with van der Waals surface area (Å²) in [6.07, 6.45) is 0. The van der Waals surface area contributed by atoms with Crippen LogP contribution < -0.4 is 15.6 Å². The van der Waals surface area contributed by atoms with Crippen LogP contribution >= 0.6 is 0 Å². The number of rotatable bonds is 4. The predicted octanol–water partition coefficient (Wildman–Crippen LogP) is 3.99. The van der Waals surface area contributed by atoms with Crippen LogP contribution in [0, 0.1) is 0 Å². The van der Waals surface area contributed by atoms with E-state index in [0.29, 0.717) is 27.7 Å². The number of amides is 2. The Bertz CT molecular complexity index is 1210. The second-order valence-corrected chi connectivity index (χ2v) is 6.57. The molecule has 0 saturated heterocycles. The van der Waals surface area contributed by atoms with Crippen LogP contribution in [-0.4, -0.2) is 23.9 Å². The Hall–Kier alpha value is -4.19. The minimum absolute atomic E-state index is 0.391. The lowest BCUT2D eigenvalue weighted by molar-refractivity contribution is 0.0847. The SMILES string of the molecule is COc1ccc(-c2cc(C(=O)NNC(=O)c3ccccc3)c3ccccc3n2)cc1. The predicted molar refractivity (Wildman–Crippen MR) is 115 cm³/mol. The Morgan fingerprint density at radius 1 is 0.800 bits per heavy atom. The van der Waals surface area contributed by atoms with Crippen molar-refractivity contribution in [3.63, 3.8) is 0 Å². The summed E-state index contributed by atoms with van der Waals surface area (Å²) in [7, 11) is 1.61. The first-order chi connectivity index (χ1) is 14.7. The van der Waals surface area contributed by atoms with Gasteiger partial charge in [-0.1, -0.05) is 36.4 Å². The molecule has 0 bridgehead atoms. The Morgan fingerprint density at radius 3 is 2.20 bits per heavy atom. The fourth-order valence-corrected chi connectivity index (χ4v) is 3.12. The van der Waals surface area contributed by atoms with Gasteiger partial charge in [-0.25, -0.2) is 4.98 Å². The van der Waals surface area contributed by atoms with Crippen molar-refractivity contribution in [2.75, 3.05) is 7.11 Å². The third kappa shape index (κ3) is 3.98. The molecule has 0 spiro atoms. The molecule has 1 aromatic heterocycles. The summed E-state index contributed by atoms with van der Waals surface area (Å²) in [5, 5.41) is 0.696. The van der Waals surface area contributed by atoms with Gasteiger partial charge in [0.15, 0.2) is 0 Å². The van der Waals surface area contributed by atoms with Crippen LogP contribution in [0.25, 0.3) is 22.2 Å². The van der Waals surface area contributed by atoms with E-state index in [1.807, 2.05) is 54.6 Å². The average Bonchev–Trinajstić information content (AvgIpc) is 2.82. The highest BCUT2D eigenvalue weighted by molar-refractivity contribution is 6.08. The molecular formula is C24H19N3O3. The lowest BCUT2D eigenvalue weighted by Gasteiger charge is -2.12. The third-order valence-corrected chi connectivity index (χ3v) is 4.67. The number of fused-ring (bicyclic) bond motifs is 1. The second-order valence-electron chi connectivity index (χ2n) is 6.57. The van der Waals surface area contributed by atoms with E-state index in [1.54, 1.807) is 37.4 Å². The molecule has 4 aromatic rings. The molecular weight excluding hydrogens is 378 g/mol. The summed E-state index contributed by atoms with van der Waals surface area (Å²) < 4.78 is 5.20. The number of hydrazine groups is 1. The highest BCUT2D eigenvalue weighted by Crippen LogP contribution is 2.26. The number of nitrogens with one attached hydrogen (secondary N) is 2. The Kier molecular flexibility index (Phi) is 5.39. The zero-order valence-corrected chi connectivity index (χ0v) is 16.3. The van der Waals surface area contributed by atoms with Gasteiger partial charge in [0, 0.05) is 16.5 Å². The van der Waals surface area contributed by atoms with E-state index in [9.17, 15) is 9.59 Å². The number of carbonyl (C=O) groups is 2. The monoisotopic (exact) mass is 397 g/mol. The molecule has 2 amide bonds. The van der Waals surface area contributed by atoms with Crippen LogP contribution in [-0.2, 0) is 0 Å². The molecule has 1 heterocycles. The van der Waals surface area contributed by atoms with E-state index in [4.69, 9.17) is 4.74 Å². The fourth-order valence-electron chi connectivity index (χ4n) is 3.12. The van der Waals surface area contributed by atoms with Crippen molar-refractivity contribution >= 4 is 22.7 Å². The molecule has 0 unspecified atom stereocenters. The van der Waals surface area contributed by atoms with E-state index in [-0.39, 0.29) is 0 Å². The number of ether oxygens (including phenoxy) is 1. The molecule has 0 aliphatic heterocycles. The molecule has 0 atom stereocenters. The Morgan fingerprint density at radius 2 is 1.47 bits per heavy atom. The minimum Gasteiger partial charge on any atom is -0.497 e. The molecule has 4 rings (SSSR count). The standard InChI is InChI=1S/C24H19N3O3/c1-30-18-13-11-16(12-14-18)22-15-20(19-9-5-6-10-21(19)25-22)24(29)27-26-23(28)17-7-3-2-4-8-17/h2-15H,1H3,(H,26,28)(H,27,29). The topological polar surface area (TPSA) is 80.3 Å². The van der Waals surface area contributed by atoms with Gasteiger partial charge in [-0.15, -0.1) is 0 Å². The van der Waals surface area contributed by atoms with Gasteiger partial charge in [-0.3, -0.25) is 20.4 Å². The van der Waals surface area contributed by atoms with Crippen LogP contribution in [0.4, 0.5) is 0 Å². The summed E-state index contributed by atoms with van der Waals surface area (Å²) in [6.45, 7) is 0. The lowest BCUT2D eigenvalue weighted by atomic mass is 10.0. The normalized spacial score (nSPS) is 10.4. The maximum absolute atomic E-state index is 12.9. The molecule has 0 radical (unpaired) electrons. The number of para-hydroxylation sites is 1. The summed E-state index contributed by atoms with van der Waals surface area (Å²) >= 11 is 0. The van der Waals surface area contributed by atoms with Gasteiger partial charge < -0.3 is 4.74 Å². The quantitative estimate of drug-likeness (QED) is 0.511. The number of methoxy groups -OCH3 is 1. The molecule has 0 saturated carbocycles. The van der Waals surface area contributed by atoms with E-state index >= 15 is 0 Å². The van der Waals surface area contributed by atoms with Crippen LogP contribution in [0.2, 0.25) is 0 Å². The van der Waals surface area contributed by atoms with Crippen molar-refractivity contribution < 1.29 is 14.3 Å². The second kappa shape index (κ2) is 8.45. The van der Waals surface area contributed by atoms with Gasteiger partial charge in [-0.05, 0) is 48.5 Å². The number of pyridine rings is 1. The first-order valence-electron chi connectivity index (χ1n) is 9.35. The van der Waals surface area contributed by atoms with Crippen LogP contribution in [0.5, 0.6) is 5.75 Å². The summed E-state index contributed by atoms with van der Waals surface area (Å²) in [5.41, 5.74) is 8.02. The molecule has 6 heteroatoms. The van der Waals surface area contributed by atoms with Gasteiger partial charge in [0.05, 0.1) is 23.9 Å². The average molecular weight is 397 g/mol. The van der Waals surface area contributed by atoms with Gasteiger partial charge in [0.25, 0.3) is 11.8 Å². The van der Waals surface area contributed by atoms with Gasteiger partial charge in [0.2, 0.25) is 0 Å². The van der Waals surface area contributed by atoms with Crippen LogP contribution in [0.1, 0.15) is 20.7 Å². The number of benzene rings is 3. The Labute approximate surface area is 173 Å². The zero-order valence-electron chi connectivity index (χ0n) is 16.3. The van der Waals surface area contributed by atoms with Crippen LogP contribution in [0.15, 0.2) is 84.9 Å². The van der Waals surface area contributed by atoms with Crippen molar-refractivity contribution in [3.8, 4) is 17.0 Å². The van der Waals surface area contributed by atoms with Crippen molar-refractivity contribution in [3.05, 3.63) is 96.1 Å². The molecule has 30 heavy (non-hydrogen) atoms. The van der Waals surface area contributed by atoms with E-state index < -0.39 is 11.8 Å². The van der Waals surface area contributed by atoms with Crippen molar-refractivity contribution in [1.82, 2.24) is 15.8 Å². The smallest absolute Gasteiger partial charge is 0.270 e. The molecule has 0 fully saturated rings. The third-order valence-electron chi connectivity index (χ3n) is 4.67. The number of hydrogen-bond donors (Lipinski definition) is 2. The first kappa shape index (κ1) is 19.1. The summed E-state index contributed by atoms with van der Waals surface area (Å²) in [6, 6.07) is 25.2. The highest BCUT2D eigenvalue weighted by Gasteiger charge is 2.15. The number of aromatic nitrogens is 1. The largest absolute Gasteiger partial charge is 0.497 e. The van der Waals surface area contributed by atoms with Gasteiger partial charge in [0.1, 0.15) is 5.75 Å². The fraction of sp³-hybridized carbons (Fsp3) is 0.0417. The maximum Gasteiger partial charge on any atom is 0.270 e. The van der Waals surface area contributed by atoms with E-state index in [1.165, 1.54) is 0 Å². The summed E-state index contributed by atoms with van der Waals surface area (Å²) in [5.74, 6) is -0.0773. The number of carbonyl (C=O) groups excluding carboxylic acids is 2. The van der Waals surface area contributed by atoms with E-state index in [0.717, 1.165) is 11.3 Å². The van der Waals surface area contributed by atoms with Gasteiger partial charge >= 0.3 is 0 Å². The van der Waals surface area contributed by atoms with Crippen LogP contribution in [0.3, 0.4) is 0 Å². The number of nitrogens with zero attached hydrogens (tertiary/aromatic N) is 1. The van der Waals surface area contributed by atoms with Crippen molar-refractivity contribution in [2.45, 2.75) is 0 Å². The molecule has 2 N–H and O–H groups in total. The molecule has 0 aliphatic rings. The van der Waals surface area contributed by atoms with Gasteiger partial charge in [-0.2, -0.15) is 0 Å². The molecule has 6 nitrogen and oxygen atoms in total. The van der Waals surface area contributed by atoms with Crippen molar-refractivity contribution in [2.24, 2.45) is 0 Å². The maximum atomic E-state index is 12.9. The first-order valence-corrected chi connectivity index (χ1v) is 9.35. The Balaban J connectivity index is 1.64. The molecule has 148 valence electrons. The lowest BCUT2D eigenvalue weighted by Crippen LogP contribution is -2.41. The summed E-state index contributed by atoms with van der Waals surface area (Å²) in [4.78, 5) is 29.8.